The summed E-state index contributed by atoms with van der Waals surface area (Å²) in [7, 11) is 0. The number of hydrogen-bond donors (Lipinski definition) is 0. The van der Waals surface area contributed by atoms with Gasteiger partial charge in [-0.3, -0.25) is 9.69 Å². The molecular weight excluding hydrogens is 442 g/mol. The molecule has 0 radical (unpaired) electrons. The zero-order valence-electron chi connectivity index (χ0n) is 22.6. The highest BCUT2D eigenvalue weighted by molar-refractivity contribution is 5.97. The molecule has 36 heavy (non-hydrogen) atoms. The van der Waals surface area contributed by atoms with Gasteiger partial charge < -0.3 is 4.74 Å². The fourth-order valence-electron chi connectivity index (χ4n) is 4.76. The molecule has 0 aliphatic carbocycles. The van der Waals surface area contributed by atoms with Crippen LogP contribution in [0.4, 0.5) is 0 Å². The lowest BCUT2D eigenvalue weighted by atomic mass is 9.72. The molecule has 0 spiro atoms. The van der Waals surface area contributed by atoms with E-state index in [4.69, 9.17) is 4.74 Å². The molecule has 3 rings (SSSR count). The van der Waals surface area contributed by atoms with Gasteiger partial charge in [0.05, 0.1) is 0 Å². The van der Waals surface area contributed by atoms with Crippen LogP contribution < -0.4 is 4.74 Å². The summed E-state index contributed by atoms with van der Waals surface area (Å²) in [4.78, 5) is 15.8. The molecule has 3 heteroatoms. The Morgan fingerprint density at radius 3 is 2.00 bits per heavy atom. The largest absolute Gasteiger partial charge is 0.492 e. The Bertz CT molecular complexity index is 1060. The Morgan fingerprint density at radius 2 is 1.42 bits per heavy atom. The van der Waals surface area contributed by atoms with Crippen molar-refractivity contribution in [2.75, 3.05) is 26.2 Å². The molecule has 0 bridgehead atoms. The Kier molecular flexibility index (Phi) is 10.8. The van der Waals surface area contributed by atoms with Gasteiger partial charge in [-0.25, -0.2) is 0 Å². The van der Waals surface area contributed by atoms with Gasteiger partial charge in [0.25, 0.3) is 0 Å². The van der Waals surface area contributed by atoms with E-state index in [9.17, 15) is 4.79 Å². The molecule has 0 amide bonds. The second-order valence-electron chi connectivity index (χ2n) is 10.0. The highest BCUT2D eigenvalue weighted by atomic mass is 16.5. The third-order valence-electron chi connectivity index (χ3n) is 7.15. The van der Waals surface area contributed by atoms with Crippen LogP contribution in [-0.2, 0) is 5.41 Å². The Balaban J connectivity index is 1.77. The highest BCUT2D eigenvalue weighted by Gasteiger charge is 2.32. The Hall–Kier alpha value is -2.91. The first-order valence-electron chi connectivity index (χ1n) is 13.6. The van der Waals surface area contributed by atoms with Crippen molar-refractivity contribution in [3.05, 3.63) is 101 Å². The first kappa shape index (κ1) is 27.7. The van der Waals surface area contributed by atoms with E-state index in [1.54, 1.807) is 0 Å². The quantitative estimate of drug-likeness (QED) is 0.205. The van der Waals surface area contributed by atoms with Gasteiger partial charge in [0.1, 0.15) is 12.4 Å². The first-order chi connectivity index (χ1) is 17.5. The van der Waals surface area contributed by atoms with Crippen LogP contribution in [0.5, 0.6) is 5.75 Å². The monoisotopic (exact) mass is 485 g/mol. The van der Waals surface area contributed by atoms with Crippen LogP contribution in [0.15, 0.2) is 78.9 Å². The number of benzene rings is 3. The SMILES string of the molecule is CCCCN(CCCC)CCOc1ccc(C(C)(CC(=O)c2ccccc2)c2ccccc2)cc1C. The zero-order chi connectivity index (χ0) is 25.8. The van der Waals surface area contributed by atoms with Crippen molar-refractivity contribution in [1.82, 2.24) is 4.90 Å². The average molecular weight is 486 g/mol. The van der Waals surface area contributed by atoms with Gasteiger partial charge in [0.15, 0.2) is 5.78 Å². The molecule has 1 unspecified atom stereocenters. The molecule has 0 saturated heterocycles. The van der Waals surface area contributed by atoms with Gasteiger partial charge in [-0.15, -0.1) is 0 Å². The number of rotatable bonds is 15. The number of ether oxygens (including phenoxy) is 1. The molecule has 3 aromatic rings. The summed E-state index contributed by atoms with van der Waals surface area (Å²) < 4.78 is 6.24. The van der Waals surface area contributed by atoms with E-state index in [1.165, 1.54) is 25.7 Å². The summed E-state index contributed by atoms with van der Waals surface area (Å²) in [5.74, 6) is 1.08. The summed E-state index contributed by atoms with van der Waals surface area (Å²) in [5.41, 5.74) is 3.71. The Labute approximate surface area is 218 Å². The van der Waals surface area contributed by atoms with E-state index in [-0.39, 0.29) is 5.78 Å². The predicted molar refractivity (Wildman–Crippen MR) is 151 cm³/mol. The predicted octanol–water partition coefficient (Wildman–Crippen LogP) is 7.86. The number of carbonyl (C=O) groups is 1. The maximum Gasteiger partial charge on any atom is 0.164 e. The molecule has 0 aliphatic heterocycles. The van der Waals surface area contributed by atoms with Crippen LogP contribution in [0, 0.1) is 6.92 Å². The van der Waals surface area contributed by atoms with Crippen LogP contribution in [0.1, 0.15) is 79.9 Å². The zero-order valence-corrected chi connectivity index (χ0v) is 22.6. The van der Waals surface area contributed by atoms with Crippen molar-refractivity contribution < 1.29 is 9.53 Å². The van der Waals surface area contributed by atoms with Crippen LogP contribution >= 0.6 is 0 Å². The number of unbranched alkanes of at least 4 members (excludes halogenated alkanes) is 2. The van der Waals surface area contributed by atoms with Gasteiger partial charge in [-0.05, 0) is 55.6 Å². The first-order valence-corrected chi connectivity index (χ1v) is 13.6. The van der Waals surface area contributed by atoms with Crippen LogP contribution in [-0.4, -0.2) is 36.9 Å². The van der Waals surface area contributed by atoms with Gasteiger partial charge in [-0.1, -0.05) is 106 Å². The summed E-state index contributed by atoms with van der Waals surface area (Å²) in [6.45, 7) is 12.7. The fraction of sp³-hybridized carbons (Fsp3) is 0.424. The van der Waals surface area contributed by atoms with Gasteiger partial charge >= 0.3 is 0 Å². The molecule has 0 heterocycles. The fourth-order valence-corrected chi connectivity index (χ4v) is 4.76. The van der Waals surface area contributed by atoms with Gasteiger partial charge in [0, 0.05) is 23.9 Å². The third kappa shape index (κ3) is 7.54. The van der Waals surface area contributed by atoms with Gasteiger partial charge in [0.2, 0.25) is 0 Å². The minimum absolute atomic E-state index is 0.152. The van der Waals surface area contributed by atoms with E-state index >= 15 is 0 Å². The van der Waals surface area contributed by atoms with Crippen molar-refractivity contribution in [3.8, 4) is 5.75 Å². The molecule has 1 atom stereocenters. The Morgan fingerprint density at radius 1 is 0.806 bits per heavy atom. The molecule has 192 valence electrons. The molecule has 0 saturated carbocycles. The smallest absolute Gasteiger partial charge is 0.164 e. The van der Waals surface area contributed by atoms with Crippen molar-refractivity contribution in [2.45, 2.75) is 65.2 Å². The minimum Gasteiger partial charge on any atom is -0.492 e. The second-order valence-corrected chi connectivity index (χ2v) is 10.0. The van der Waals surface area contributed by atoms with Crippen LogP contribution in [0.25, 0.3) is 0 Å². The number of carbonyl (C=O) groups excluding carboxylic acids is 1. The number of nitrogens with zero attached hydrogens (tertiary/aromatic N) is 1. The van der Waals surface area contributed by atoms with Crippen LogP contribution in [0.2, 0.25) is 0 Å². The summed E-state index contributed by atoms with van der Waals surface area (Å²) in [5, 5.41) is 0. The summed E-state index contributed by atoms with van der Waals surface area (Å²) >= 11 is 0. The lowest BCUT2D eigenvalue weighted by molar-refractivity contribution is 0.0962. The summed E-state index contributed by atoms with van der Waals surface area (Å²) in [6, 6.07) is 26.4. The normalized spacial score (nSPS) is 12.9. The van der Waals surface area contributed by atoms with Crippen molar-refractivity contribution >= 4 is 5.78 Å². The molecule has 3 aromatic carbocycles. The number of ketones is 1. The van der Waals surface area contributed by atoms with E-state index < -0.39 is 5.41 Å². The maximum absolute atomic E-state index is 13.3. The molecule has 3 nitrogen and oxygen atoms in total. The number of aryl methyl sites for hydroxylation is 1. The third-order valence-corrected chi connectivity index (χ3v) is 7.15. The van der Waals surface area contributed by atoms with Crippen molar-refractivity contribution in [2.24, 2.45) is 0 Å². The molecule has 0 N–H and O–H groups in total. The topological polar surface area (TPSA) is 29.5 Å². The molecule has 0 aliphatic rings. The van der Waals surface area contributed by atoms with E-state index in [0.29, 0.717) is 13.0 Å². The maximum atomic E-state index is 13.3. The molecular formula is C33H43NO2. The second kappa shape index (κ2) is 14.0. The minimum atomic E-state index is -0.436. The lowest BCUT2D eigenvalue weighted by Gasteiger charge is -2.31. The lowest BCUT2D eigenvalue weighted by Crippen LogP contribution is -2.30. The average Bonchev–Trinajstić information content (AvgIpc) is 2.91. The van der Waals surface area contributed by atoms with Crippen molar-refractivity contribution in [3.63, 3.8) is 0 Å². The van der Waals surface area contributed by atoms with E-state index in [0.717, 1.165) is 47.6 Å². The number of Topliss-reactive ketones (excluding diaryl/α,β-unsaturated/α-hetero) is 1. The standard InChI is InChI=1S/C33H43NO2/c1-5-7-21-34(22-8-6-2)23-24-36-32-20-19-30(25-27(32)3)33(4,29-17-13-10-14-18-29)26-31(35)28-15-11-9-12-16-28/h9-20,25H,5-8,21-24,26H2,1-4H3. The van der Waals surface area contributed by atoms with E-state index in [1.807, 2.05) is 48.5 Å². The van der Waals surface area contributed by atoms with Gasteiger partial charge in [-0.2, -0.15) is 0 Å². The van der Waals surface area contributed by atoms with Crippen LogP contribution in [0.3, 0.4) is 0 Å². The summed E-state index contributed by atoms with van der Waals surface area (Å²) in [6.07, 6.45) is 5.31. The highest BCUT2D eigenvalue weighted by Crippen LogP contribution is 2.38. The van der Waals surface area contributed by atoms with E-state index in [2.05, 4.69) is 62.9 Å². The number of hydrogen-bond acceptors (Lipinski definition) is 3. The molecule has 0 fully saturated rings. The van der Waals surface area contributed by atoms with Crippen molar-refractivity contribution in [1.29, 1.82) is 0 Å². The molecule has 0 aromatic heterocycles.